The molecular formula is C26H30N2Si. The SMILES string of the molecule is Cc1cc2ccc3c(-c4ccccc4)nc(C(C)C)nc3c2c(C)c1[Si](C)(C)C. The molecule has 0 N–H and O–H groups in total. The van der Waals surface area contributed by atoms with Crippen LogP contribution in [0.4, 0.5) is 0 Å². The quantitative estimate of drug-likeness (QED) is 0.282. The lowest BCUT2D eigenvalue weighted by atomic mass is 9.96. The largest absolute Gasteiger partial charge is 0.232 e. The van der Waals surface area contributed by atoms with Gasteiger partial charge in [-0.25, -0.2) is 9.97 Å². The molecule has 0 fully saturated rings. The minimum Gasteiger partial charge on any atom is -0.232 e. The van der Waals surface area contributed by atoms with Crippen molar-refractivity contribution in [1.29, 1.82) is 0 Å². The van der Waals surface area contributed by atoms with Crippen molar-refractivity contribution < 1.29 is 0 Å². The molecule has 0 aliphatic carbocycles. The molecule has 0 radical (unpaired) electrons. The van der Waals surface area contributed by atoms with E-state index in [2.05, 4.69) is 95.9 Å². The molecule has 4 rings (SSSR count). The Kier molecular flexibility index (Phi) is 4.82. The zero-order chi connectivity index (χ0) is 20.9. The first-order valence-corrected chi connectivity index (χ1v) is 14.0. The summed E-state index contributed by atoms with van der Waals surface area (Å²) < 4.78 is 0. The molecule has 1 aromatic heterocycles. The predicted molar refractivity (Wildman–Crippen MR) is 129 cm³/mol. The molecule has 2 nitrogen and oxygen atoms in total. The van der Waals surface area contributed by atoms with Gasteiger partial charge in [0, 0.05) is 22.3 Å². The molecule has 148 valence electrons. The first kappa shape index (κ1) is 19.8. The Hall–Kier alpha value is -2.52. The van der Waals surface area contributed by atoms with Crippen LogP contribution in [0, 0.1) is 13.8 Å². The van der Waals surface area contributed by atoms with E-state index >= 15 is 0 Å². The van der Waals surface area contributed by atoms with Crippen LogP contribution >= 0.6 is 0 Å². The van der Waals surface area contributed by atoms with Gasteiger partial charge in [0.05, 0.1) is 19.3 Å². The molecular weight excluding hydrogens is 368 g/mol. The van der Waals surface area contributed by atoms with Gasteiger partial charge < -0.3 is 0 Å². The van der Waals surface area contributed by atoms with E-state index in [1.165, 1.54) is 21.9 Å². The Bertz CT molecular complexity index is 1220. The number of benzene rings is 3. The highest BCUT2D eigenvalue weighted by atomic mass is 28.3. The van der Waals surface area contributed by atoms with Crippen molar-refractivity contribution in [2.75, 3.05) is 0 Å². The van der Waals surface area contributed by atoms with Crippen LogP contribution in [0.3, 0.4) is 0 Å². The second-order valence-corrected chi connectivity index (χ2v) is 14.5. The maximum absolute atomic E-state index is 5.11. The van der Waals surface area contributed by atoms with Crippen LogP contribution < -0.4 is 5.19 Å². The minimum atomic E-state index is -1.48. The van der Waals surface area contributed by atoms with Gasteiger partial charge in [-0.3, -0.25) is 0 Å². The van der Waals surface area contributed by atoms with Gasteiger partial charge in [-0.15, -0.1) is 0 Å². The Labute approximate surface area is 175 Å². The summed E-state index contributed by atoms with van der Waals surface area (Å²) in [4.78, 5) is 10.1. The molecule has 0 saturated carbocycles. The van der Waals surface area contributed by atoms with Gasteiger partial charge in [-0.05, 0) is 30.9 Å². The van der Waals surface area contributed by atoms with Crippen molar-refractivity contribution >= 4 is 34.9 Å². The van der Waals surface area contributed by atoms with Crippen LogP contribution in [-0.2, 0) is 0 Å². The third kappa shape index (κ3) is 3.38. The van der Waals surface area contributed by atoms with Crippen LogP contribution in [0.5, 0.6) is 0 Å². The van der Waals surface area contributed by atoms with Gasteiger partial charge in [-0.1, -0.05) is 86.7 Å². The molecule has 3 aromatic carbocycles. The van der Waals surface area contributed by atoms with Gasteiger partial charge >= 0.3 is 0 Å². The number of hydrogen-bond donors (Lipinski definition) is 0. The van der Waals surface area contributed by atoms with Crippen LogP contribution in [0.15, 0.2) is 48.5 Å². The van der Waals surface area contributed by atoms with E-state index in [9.17, 15) is 0 Å². The van der Waals surface area contributed by atoms with Crippen LogP contribution in [0.2, 0.25) is 19.6 Å². The van der Waals surface area contributed by atoms with Crippen molar-refractivity contribution in [3.8, 4) is 11.3 Å². The molecule has 29 heavy (non-hydrogen) atoms. The van der Waals surface area contributed by atoms with Crippen molar-refractivity contribution in [3.05, 3.63) is 65.5 Å². The monoisotopic (exact) mass is 398 g/mol. The number of aromatic nitrogens is 2. The van der Waals surface area contributed by atoms with Crippen molar-refractivity contribution in [2.24, 2.45) is 0 Å². The molecule has 0 unspecified atom stereocenters. The third-order valence-corrected chi connectivity index (χ3v) is 8.02. The van der Waals surface area contributed by atoms with E-state index < -0.39 is 8.07 Å². The Morgan fingerprint density at radius 3 is 2.17 bits per heavy atom. The molecule has 0 aliphatic rings. The van der Waals surface area contributed by atoms with Crippen LogP contribution in [0.25, 0.3) is 32.9 Å². The molecule has 4 aromatic rings. The highest BCUT2D eigenvalue weighted by Crippen LogP contribution is 2.34. The van der Waals surface area contributed by atoms with Gasteiger partial charge in [-0.2, -0.15) is 0 Å². The van der Waals surface area contributed by atoms with E-state index in [0.717, 1.165) is 28.0 Å². The fourth-order valence-corrected chi connectivity index (χ4v) is 7.20. The zero-order valence-electron chi connectivity index (χ0n) is 18.6. The van der Waals surface area contributed by atoms with E-state index in [-0.39, 0.29) is 5.92 Å². The van der Waals surface area contributed by atoms with Gasteiger partial charge in [0.1, 0.15) is 5.82 Å². The summed E-state index contributed by atoms with van der Waals surface area (Å²) in [6.45, 7) is 16.2. The zero-order valence-corrected chi connectivity index (χ0v) is 19.6. The standard InChI is InChI=1S/C26H30N2Si/c1-16(2)26-27-23(19-11-9-8-10-12-19)21-14-13-20-15-17(3)25(29(5,6)7)18(4)22(20)24(21)28-26/h8-16H,1-7H3. The van der Waals surface area contributed by atoms with E-state index in [4.69, 9.17) is 9.97 Å². The lowest BCUT2D eigenvalue weighted by molar-refractivity contribution is 0.785. The molecule has 3 heteroatoms. The van der Waals surface area contributed by atoms with Crippen molar-refractivity contribution in [2.45, 2.75) is 53.3 Å². The highest BCUT2D eigenvalue weighted by Gasteiger charge is 2.24. The number of rotatable bonds is 3. The maximum atomic E-state index is 5.11. The normalized spacial score (nSPS) is 12.3. The number of fused-ring (bicyclic) bond motifs is 3. The predicted octanol–water partition coefficient (Wildman–Crippen LogP) is 6.74. The Balaban J connectivity index is 2.20. The summed E-state index contributed by atoms with van der Waals surface area (Å²) in [5.74, 6) is 1.19. The van der Waals surface area contributed by atoms with Crippen molar-refractivity contribution in [1.82, 2.24) is 9.97 Å². The average Bonchev–Trinajstić information content (AvgIpc) is 2.66. The third-order valence-electron chi connectivity index (χ3n) is 5.75. The average molecular weight is 399 g/mol. The van der Waals surface area contributed by atoms with Gasteiger partial charge in [0.25, 0.3) is 0 Å². The minimum absolute atomic E-state index is 0.277. The summed E-state index contributed by atoms with van der Waals surface area (Å²) >= 11 is 0. The summed E-state index contributed by atoms with van der Waals surface area (Å²) in [5.41, 5.74) is 6.09. The molecule has 0 atom stereocenters. The summed E-state index contributed by atoms with van der Waals surface area (Å²) in [6, 6.07) is 17.3. The lowest BCUT2D eigenvalue weighted by Gasteiger charge is -2.24. The fraction of sp³-hybridized carbons (Fsp3) is 0.308. The fourth-order valence-electron chi connectivity index (χ4n) is 4.70. The lowest BCUT2D eigenvalue weighted by Crippen LogP contribution is -2.41. The Morgan fingerprint density at radius 2 is 1.55 bits per heavy atom. The van der Waals surface area contributed by atoms with Gasteiger partial charge in [0.15, 0.2) is 0 Å². The van der Waals surface area contributed by atoms with E-state index in [1.54, 1.807) is 5.19 Å². The smallest absolute Gasteiger partial charge is 0.132 e. The topological polar surface area (TPSA) is 25.8 Å². The Morgan fingerprint density at radius 1 is 0.862 bits per heavy atom. The first-order chi connectivity index (χ1) is 13.7. The highest BCUT2D eigenvalue weighted by molar-refractivity contribution is 6.89. The second kappa shape index (κ2) is 7.07. The second-order valence-electron chi connectivity index (χ2n) is 9.45. The molecule has 0 amide bonds. The van der Waals surface area contributed by atoms with Crippen molar-refractivity contribution in [3.63, 3.8) is 0 Å². The van der Waals surface area contributed by atoms with Crippen LogP contribution in [0.1, 0.15) is 36.7 Å². The number of aryl methyl sites for hydroxylation is 2. The summed E-state index contributed by atoms with van der Waals surface area (Å²) in [7, 11) is -1.48. The number of nitrogens with zero attached hydrogens (tertiary/aromatic N) is 2. The number of hydrogen-bond acceptors (Lipinski definition) is 2. The summed E-state index contributed by atoms with van der Waals surface area (Å²) in [5, 5.41) is 5.28. The van der Waals surface area contributed by atoms with E-state index in [1.807, 2.05) is 0 Å². The molecule has 0 saturated heterocycles. The first-order valence-electron chi connectivity index (χ1n) is 10.5. The molecule has 0 aliphatic heterocycles. The maximum Gasteiger partial charge on any atom is 0.132 e. The van der Waals surface area contributed by atoms with Gasteiger partial charge in [0.2, 0.25) is 0 Å². The molecule has 1 heterocycles. The molecule has 0 bridgehead atoms. The van der Waals surface area contributed by atoms with Crippen LogP contribution in [-0.4, -0.2) is 18.0 Å². The summed E-state index contributed by atoms with van der Waals surface area (Å²) in [6.07, 6.45) is 0. The van der Waals surface area contributed by atoms with E-state index in [0.29, 0.717) is 0 Å². The molecule has 0 spiro atoms.